The van der Waals surface area contributed by atoms with Crippen LogP contribution in [-0.4, -0.2) is 31.2 Å². The van der Waals surface area contributed by atoms with Crippen molar-refractivity contribution in [2.24, 2.45) is 0 Å². The van der Waals surface area contributed by atoms with E-state index < -0.39 is 0 Å². The first-order valence-electron chi connectivity index (χ1n) is 6.58. The minimum atomic E-state index is 0.471. The summed E-state index contributed by atoms with van der Waals surface area (Å²) in [4.78, 5) is 0. The van der Waals surface area contributed by atoms with Crippen molar-refractivity contribution in [1.82, 2.24) is 5.32 Å². The Morgan fingerprint density at radius 3 is 2.67 bits per heavy atom. The molecule has 0 aromatic heterocycles. The molecule has 18 heavy (non-hydrogen) atoms. The van der Waals surface area contributed by atoms with Crippen molar-refractivity contribution in [2.75, 3.05) is 19.1 Å². The third kappa shape index (κ3) is 4.91. The van der Waals surface area contributed by atoms with E-state index in [1.165, 1.54) is 17.7 Å². The Labute approximate surface area is 116 Å². The highest BCUT2D eigenvalue weighted by Gasteiger charge is 2.12. The van der Waals surface area contributed by atoms with Crippen LogP contribution in [0.15, 0.2) is 24.3 Å². The molecule has 0 spiro atoms. The van der Waals surface area contributed by atoms with E-state index in [1.807, 2.05) is 23.9 Å². The quantitative estimate of drug-likeness (QED) is 0.780. The summed E-state index contributed by atoms with van der Waals surface area (Å²) in [6.45, 7) is 4.49. The molecule has 0 aliphatic rings. The van der Waals surface area contributed by atoms with Crippen molar-refractivity contribution in [3.8, 4) is 5.75 Å². The lowest BCUT2D eigenvalue weighted by atomic mass is 10.0. The Hall–Kier alpha value is -0.670. The summed E-state index contributed by atoms with van der Waals surface area (Å²) in [6.07, 6.45) is 4.35. The minimum absolute atomic E-state index is 0.471. The molecule has 1 aromatic carbocycles. The van der Waals surface area contributed by atoms with Gasteiger partial charge in [0.25, 0.3) is 0 Å². The number of para-hydroxylation sites is 1. The molecule has 1 aromatic rings. The maximum Gasteiger partial charge on any atom is 0.122 e. The van der Waals surface area contributed by atoms with Crippen molar-refractivity contribution in [3.63, 3.8) is 0 Å². The van der Waals surface area contributed by atoms with Crippen LogP contribution in [0.1, 0.15) is 25.8 Å². The van der Waals surface area contributed by atoms with Crippen LogP contribution in [0.2, 0.25) is 0 Å². The van der Waals surface area contributed by atoms with Crippen LogP contribution in [0.5, 0.6) is 5.75 Å². The summed E-state index contributed by atoms with van der Waals surface area (Å²) in [5, 5.41) is 3.69. The molecule has 0 heterocycles. The van der Waals surface area contributed by atoms with E-state index in [0.29, 0.717) is 12.1 Å². The molecule has 0 saturated heterocycles. The van der Waals surface area contributed by atoms with Crippen LogP contribution < -0.4 is 10.1 Å². The second kappa shape index (κ2) is 8.44. The van der Waals surface area contributed by atoms with E-state index in [4.69, 9.17) is 4.74 Å². The Morgan fingerprint density at radius 1 is 1.33 bits per heavy atom. The summed E-state index contributed by atoms with van der Waals surface area (Å²) in [5.41, 5.74) is 1.28. The monoisotopic (exact) mass is 267 g/mol. The van der Waals surface area contributed by atoms with Gasteiger partial charge in [0.2, 0.25) is 0 Å². The number of thioether (sulfide) groups is 1. The zero-order valence-electron chi connectivity index (χ0n) is 11.9. The molecule has 1 rings (SSSR count). The summed E-state index contributed by atoms with van der Waals surface area (Å²) in [5.74, 6) is 2.16. The fourth-order valence-corrected chi connectivity index (χ4v) is 2.88. The zero-order valence-corrected chi connectivity index (χ0v) is 12.7. The first-order valence-corrected chi connectivity index (χ1v) is 7.97. The van der Waals surface area contributed by atoms with Gasteiger partial charge < -0.3 is 10.1 Å². The maximum atomic E-state index is 5.39. The molecule has 0 amide bonds. The molecule has 2 nitrogen and oxygen atoms in total. The van der Waals surface area contributed by atoms with E-state index in [-0.39, 0.29) is 0 Å². The molecular formula is C15H25NOS. The van der Waals surface area contributed by atoms with E-state index in [9.17, 15) is 0 Å². The third-order valence-electron chi connectivity index (χ3n) is 3.10. The number of benzene rings is 1. The summed E-state index contributed by atoms with van der Waals surface area (Å²) in [6, 6.07) is 9.34. The summed E-state index contributed by atoms with van der Waals surface area (Å²) < 4.78 is 5.39. The molecule has 0 fully saturated rings. The second-order valence-electron chi connectivity index (χ2n) is 4.64. The Kier molecular flexibility index (Phi) is 7.21. The van der Waals surface area contributed by atoms with Gasteiger partial charge in [-0.05, 0) is 37.7 Å². The van der Waals surface area contributed by atoms with Gasteiger partial charge in [-0.15, -0.1) is 0 Å². The molecule has 3 heteroatoms. The fraction of sp³-hybridized carbons (Fsp3) is 0.600. The minimum Gasteiger partial charge on any atom is -0.496 e. The predicted molar refractivity (Wildman–Crippen MR) is 81.8 cm³/mol. The van der Waals surface area contributed by atoms with E-state index in [2.05, 4.69) is 37.6 Å². The van der Waals surface area contributed by atoms with Crippen LogP contribution in [0.25, 0.3) is 0 Å². The highest BCUT2D eigenvalue weighted by molar-refractivity contribution is 7.98. The number of ether oxygens (including phenoxy) is 1. The van der Waals surface area contributed by atoms with Crippen LogP contribution in [0, 0.1) is 0 Å². The first kappa shape index (κ1) is 15.4. The molecule has 0 radical (unpaired) electrons. The van der Waals surface area contributed by atoms with Gasteiger partial charge in [0, 0.05) is 17.8 Å². The lowest BCUT2D eigenvalue weighted by molar-refractivity contribution is 0.402. The molecule has 2 atom stereocenters. The highest BCUT2D eigenvalue weighted by Crippen LogP contribution is 2.19. The SMILES string of the molecule is CCC(CSC)NC(C)Cc1ccccc1OC. The average Bonchev–Trinajstić information content (AvgIpc) is 2.38. The van der Waals surface area contributed by atoms with Crippen molar-refractivity contribution >= 4 is 11.8 Å². The maximum absolute atomic E-state index is 5.39. The van der Waals surface area contributed by atoms with Gasteiger partial charge in [0.15, 0.2) is 0 Å². The van der Waals surface area contributed by atoms with Crippen molar-refractivity contribution in [1.29, 1.82) is 0 Å². The zero-order chi connectivity index (χ0) is 13.4. The normalized spacial score (nSPS) is 14.2. The fourth-order valence-electron chi connectivity index (χ4n) is 2.15. The number of rotatable bonds is 8. The Balaban J connectivity index is 2.55. The van der Waals surface area contributed by atoms with Gasteiger partial charge in [0.1, 0.15) is 5.75 Å². The standard InChI is InChI=1S/C15H25NOS/c1-5-14(11-18-4)16-12(2)10-13-8-6-7-9-15(13)17-3/h6-9,12,14,16H,5,10-11H2,1-4H3. The van der Waals surface area contributed by atoms with E-state index in [1.54, 1.807) is 7.11 Å². The van der Waals surface area contributed by atoms with Crippen LogP contribution in [-0.2, 0) is 6.42 Å². The Bertz CT molecular complexity index is 343. The number of nitrogens with one attached hydrogen (secondary N) is 1. The van der Waals surface area contributed by atoms with Gasteiger partial charge in [-0.1, -0.05) is 25.1 Å². The highest BCUT2D eigenvalue weighted by atomic mass is 32.2. The van der Waals surface area contributed by atoms with Gasteiger partial charge in [-0.3, -0.25) is 0 Å². The summed E-state index contributed by atoms with van der Waals surface area (Å²) in [7, 11) is 1.74. The largest absolute Gasteiger partial charge is 0.496 e. The first-order chi connectivity index (χ1) is 8.71. The topological polar surface area (TPSA) is 21.3 Å². The van der Waals surface area contributed by atoms with E-state index in [0.717, 1.165) is 12.2 Å². The van der Waals surface area contributed by atoms with Crippen LogP contribution in [0.3, 0.4) is 0 Å². The molecule has 102 valence electrons. The molecule has 0 bridgehead atoms. The smallest absolute Gasteiger partial charge is 0.122 e. The van der Waals surface area contributed by atoms with Gasteiger partial charge in [0.05, 0.1) is 7.11 Å². The molecule has 0 aliphatic heterocycles. The van der Waals surface area contributed by atoms with Crippen molar-refractivity contribution in [3.05, 3.63) is 29.8 Å². The van der Waals surface area contributed by atoms with E-state index >= 15 is 0 Å². The molecular weight excluding hydrogens is 242 g/mol. The molecule has 1 N–H and O–H groups in total. The average molecular weight is 267 g/mol. The molecule has 2 unspecified atom stereocenters. The number of hydrogen-bond acceptors (Lipinski definition) is 3. The Morgan fingerprint density at radius 2 is 2.06 bits per heavy atom. The van der Waals surface area contributed by atoms with Gasteiger partial charge >= 0.3 is 0 Å². The predicted octanol–water partition coefficient (Wildman–Crippen LogP) is 3.36. The lowest BCUT2D eigenvalue weighted by Gasteiger charge is -2.22. The molecule has 0 saturated carbocycles. The van der Waals surface area contributed by atoms with Crippen molar-refractivity contribution < 1.29 is 4.74 Å². The van der Waals surface area contributed by atoms with Crippen LogP contribution in [0.4, 0.5) is 0 Å². The van der Waals surface area contributed by atoms with Crippen molar-refractivity contribution in [2.45, 2.75) is 38.8 Å². The number of hydrogen-bond donors (Lipinski definition) is 1. The summed E-state index contributed by atoms with van der Waals surface area (Å²) >= 11 is 1.90. The van der Waals surface area contributed by atoms with Crippen LogP contribution >= 0.6 is 11.8 Å². The third-order valence-corrected chi connectivity index (χ3v) is 3.84. The lowest BCUT2D eigenvalue weighted by Crippen LogP contribution is -2.39. The van der Waals surface area contributed by atoms with Gasteiger partial charge in [-0.2, -0.15) is 11.8 Å². The number of methoxy groups -OCH3 is 1. The second-order valence-corrected chi connectivity index (χ2v) is 5.55. The molecule has 0 aliphatic carbocycles. The van der Waals surface area contributed by atoms with Gasteiger partial charge in [-0.25, -0.2) is 0 Å².